The molecule has 10 nitrogen and oxygen atoms in total. The van der Waals surface area contributed by atoms with E-state index < -0.39 is 0 Å². The average molecular weight is 548 g/mol. The molecule has 202 valence electrons. The summed E-state index contributed by atoms with van der Waals surface area (Å²) in [6.07, 6.45) is 1.50. The number of amides is 1. The predicted octanol–water partition coefficient (Wildman–Crippen LogP) is 4.60. The highest BCUT2D eigenvalue weighted by Crippen LogP contribution is 2.37. The first-order valence-corrected chi connectivity index (χ1v) is 13.0. The molecule has 1 heterocycles. The molecule has 0 unspecified atom stereocenters. The van der Waals surface area contributed by atoms with Crippen LogP contribution in [0.1, 0.15) is 12.5 Å². The molecule has 0 aliphatic rings. The van der Waals surface area contributed by atoms with E-state index in [1.54, 1.807) is 12.1 Å². The highest BCUT2D eigenvalue weighted by Gasteiger charge is 2.17. The minimum Gasteiger partial charge on any atom is -0.494 e. The molecular weight excluding hydrogens is 518 g/mol. The lowest BCUT2D eigenvalue weighted by atomic mass is 10.2. The van der Waals surface area contributed by atoms with Gasteiger partial charge in [-0.25, -0.2) is 5.43 Å². The van der Waals surface area contributed by atoms with Gasteiger partial charge in [-0.1, -0.05) is 42.1 Å². The molecule has 0 saturated carbocycles. The SMILES string of the molecule is CCOc1ccc(-n2c(SCC(=O)N/N=C\c3cc(OC)c(OC)c(OC)c3)nnc2-c2ccccc2)cc1. The van der Waals surface area contributed by atoms with Crippen molar-refractivity contribution in [3.05, 3.63) is 72.3 Å². The maximum atomic E-state index is 12.6. The van der Waals surface area contributed by atoms with Crippen LogP contribution >= 0.6 is 11.8 Å². The van der Waals surface area contributed by atoms with Gasteiger partial charge in [-0.15, -0.1) is 10.2 Å². The number of carbonyl (C=O) groups is 1. The van der Waals surface area contributed by atoms with Gasteiger partial charge in [0.05, 0.1) is 39.9 Å². The summed E-state index contributed by atoms with van der Waals surface area (Å²) in [6, 6.07) is 20.9. The first kappa shape index (κ1) is 27.5. The smallest absolute Gasteiger partial charge is 0.250 e. The predicted molar refractivity (Wildman–Crippen MR) is 151 cm³/mol. The van der Waals surface area contributed by atoms with Gasteiger partial charge >= 0.3 is 0 Å². The first-order valence-electron chi connectivity index (χ1n) is 12.1. The van der Waals surface area contributed by atoms with Crippen LogP contribution in [0.25, 0.3) is 17.1 Å². The molecule has 1 N–H and O–H groups in total. The van der Waals surface area contributed by atoms with Gasteiger partial charge in [0.2, 0.25) is 5.75 Å². The summed E-state index contributed by atoms with van der Waals surface area (Å²) in [5, 5.41) is 13.4. The molecule has 0 aliphatic carbocycles. The summed E-state index contributed by atoms with van der Waals surface area (Å²) in [7, 11) is 4.60. The second-order valence-electron chi connectivity index (χ2n) is 7.98. The van der Waals surface area contributed by atoms with Crippen LogP contribution in [0, 0.1) is 0 Å². The van der Waals surface area contributed by atoms with Crippen molar-refractivity contribution in [2.75, 3.05) is 33.7 Å². The van der Waals surface area contributed by atoms with Crippen LogP contribution in [0.5, 0.6) is 23.0 Å². The fraction of sp³-hybridized carbons (Fsp3) is 0.214. The zero-order valence-electron chi connectivity index (χ0n) is 22.1. The standard InChI is InChI=1S/C28H29N5O5S/c1-5-38-22-13-11-21(12-14-22)33-27(20-9-7-6-8-10-20)31-32-28(33)39-18-25(34)30-29-17-19-15-23(35-2)26(37-4)24(16-19)36-3/h6-17H,5,18H2,1-4H3,(H,30,34)/b29-17-. The molecule has 4 aromatic rings. The number of hydrogen-bond donors (Lipinski definition) is 1. The molecule has 3 aromatic carbocycles. The topological polar surface area (TPSA) is 109 Å². The number of ether oxygens (including phenoxy) is 4. The number of carbonyl (C=O) groups excluding carboxylic acids is 1. The normalized spacial score (nSPS) is 10.9. The molecule has 0 spiro atoms. The monoisotopic (exact) mass is 547 g/mol. The lowest BCUT2D eigenvalue weighted by Crippen LogP contribution is -2.20. The third-order valence-electron chi connectivity index (χ3n) is 5.49. The third kappa shape index (κ3) is 6.68. The third-order valence-corrected chi connectivity index (χ3v) is 6.42. The lowest BCUT2D eigenvalue weighted by molar-refractivity contribution is -0.118. The molecule has 0 atom stereocenters. The van der Waals surface area contributed by atoms with Crippen molar-refractivity contribution in [2.45, 2.75) is 12.1 Å². The fourth-order valence-corrected chi connectivity index (χ4v) is 4.49. The van der Waals surface area contributed by atoms with Crippen molar-refractivity contribution in [3.63, 3.8) is 0 Å². The van der Waals surface area contributed by atoms with Crippen molar-refractivity contribution in [2.24, 2.45) is 5.10 Å². The first-order chi connectivity index (χ1) is 19.1. The van der Waals surface area contributed by atoms with Crippen LogP contribution in [0.2, 0.25) is 0 Å². The highest BCUT2D eigenvalue weighted by molar-refractivity contribution is 7.99. The summed E-state index contributed by atoms with van der Waals surface area (Å²) in [4.78, 5) is 12.6. The highest BCUT2D eigenvalue weighted by atomic mass is 32.2. The van der Waals surface area contributed by atoms with Crippen LogP contribution in [-0.4, -0.2) is 60.6 Å². The number of benzene rings is 3. The Morgan fingerprint density at radius 2 is 1.67 bits per heavy atom. The molecule has 0 radical (unpaired) electrons. The zero-order valence-corrected chi connectivity index (χ0v) is 22.9. The Morgan fingerprint density at radius 3 is 2.28 bits per heavy atom. The van der Waals surface area contributed by atoms with E-state index in [1.165, 1.54) is 39.3 Å². The van der Waals surface area contributed by atoms with E-state index in [0.717, 1.165) is 17.0 Å². The quantitative estimate of drug-likeness (QED) is 0.156. The van der Waals surface area contributed by atoms with Crippen molar-refractivity contribution in [1.82, 2.24) is 20.2 Å². The molecule has 39 heavy (non-hydrogen) atoms. The Labute approximate surface area is 231 Å². The minimum absolute atomic E-state index is 0.0799. The molecule has 11 heteroatoms. The van der Waals surface area contributed by atoms with Gasteiger partial charge < -0.3 is 18.9 Å². The van der Waals surface area contributed by atoms with Gasteiger partial charge in [0.25, 0.3) is 5.91 Å². The average Bonchev–Trinajstić information content (AvgIpc) is 3.40. The summed E-state index contributed by atoms with van der Waals surface area (Å²) in [6.45, 7) is 2.52. The Hall–Kier alpha value is -4.51. The van der Waals surface area contributed by atoms with Gasteiger partial charge in [0.1, 0.15) is 5.75 Å². The Kier molecular flexibility index (Phi) is 9.41. The summed E-state index contributed by atoms with van der Waals surface area (Å²) in [5.41, 5.74) is 4.97. The lowest BCUT2D eigenvalue weighted by Gasteiger charge is -2.12. The van der Waals surface area contributed by atoms with Gasteiger partial charge in [-0.05, 0) is 43.3 Å². The molecule has 4 rings (SSSR count). The number of hydrazone groups is 1. The van der Waals surface area contributed by atoms with Crippen LogP contribution in [0.4, 0.5) is 0 Å². The van der Waals surface area contributed by atoms with E-state index >= 15 is 0 Å². The van der Waals surface area contributed by atoms with Crippen LogP contribution in [0.15, 0.2) is 77.0 Å². The van der Waals surface area contributed by atoms with Gasteiger partial charge in [0.15, 0.2) is 22.5 Å². The van der Waals surface area contributed by atoms with E-state index in [0.29, 0.717) is 40.4 Å². The molecular formula is C28H29N5O5S. The van der Waals surface area contributed by atoms with Gasteiger partial charge in [-0.2, -0.15) is 5.10 Å². The maximum Gasteiger partial charge on any atom is 0.250 e. The molecule has 1 aromatic heterocycles. The van der Waals surface area contributed by atoms with Crippen molar-refractivity contribution < 1.29 is 23.7 Å². The van der Waals surface area contributed by atoms with E-state index in [-0.39, 0.29) is 11.7 Å². The summed E-state index contributed by atoms with van der Waals surface area (Å²) < 4.78 is 23.5. The number of thioether (sulfide) groups is 1. The molecule has 0 fully saturated rings. The van der Waals surface area contributed by atoms with Crippen LogP contribution in [-0.2, 0) is 4.79 Å². The van der Waals surface area contributed by atoms with E-state index in [9.17, 15) is 4.79 Å². The van der Waals surface area contributed by atoms with Gasteiger partial charge in [0, 0.05) is 16.8 Å². The molecule has 1 amide bonds. The van der Waals surface area contributed by atoms with Crippen LogP contribution < -0.4 is 24.4 Å². The Balaban J connectivity index is 1.49. The largest absolute Gasteiger partial charge is 0.494 e. The number of rotatable bonds is 12. The summed E-state index contributed by atoms with van der Waals surface area (Å²) >= 11 is 1.26. The van der Waals surface area contributed by atoms with Gasteiger partial charge in [-0.3, -0.25) is 9.36 Å². The number of aromatic nitrogens is 3. The second kappa shape index (κ2) is 13.3. The Bertz CT molecular complexity index is 1400. The molecule has 0 saturated heterocycles. The second-order valence-corrected chi connectivity index (χ2v) is 8.92. The molecule has 0 bridgehead atoms. The van der Waals surface area contributed by atoms with Crippen LogP contribution in [0.3, 0.4) is 0 Å². The number of methoxy groups -OCH3 is 3. The number of hydrogen-bond acceptors (Lipinski definition) is 9. The molecule has 0 aliphatic heterocycles. The van der Waals surface area contributed by atoms with Crippen molar-refractivity contribution >= 4 is 23.9 Å². The number of nitrogens with zero attached hydrogens (tertiary/aromatic N) is 4. The van der Waals surface area contributed by atoms with Crippen molar-refractivity contribution in [1.29, 1.82) is 0 Å². The van der Waals surface area contributed by atoms with E-state index in [2.05, 4.69) is 20.7 Å². The van der Waals surface area contributed by atoms with E-state index in [4.69, 9.17) is 18.9 Å². The minimum atomic E-state index is -0.300. The Morgan fingerprint density at radius 1 is 0.974 bits per heavy atom. The summed E-state index contributed by atoms with van der Waals surface area (Å²) in [5.74, 6) is 2.68. The van der Waals surface area contributed by atoms with Crippen molar-refractivity contribution in [3.8, 4) is 40.1 Å². The zero-order chi connectivity index (χ0) is 27.6. The number of nitrogens with one attached hydrogen (secondary N) is 1. The van der Waals surface area contributed by atoms with E-state index in [1.807, 2.05) is 66.1 Å². The fourth-order valence-electron chi connectivity index (χ4n) is 3.75. The maximum absolute atomic E-state index is 12.6.